The maximum absolute atomic E-state index is 5.85. The van der Waals surface area contributed by atoms with Gasteiger partial charge in [0.15, 0.2) is 5.82 Å². The van der Waals surface area contributed by atoms with Crippen LogP contribution in [0.4, 0.5) is 0 Å². The average molecular weight is 241 g/mol. The molecule has 0 saturated carbocycles. The highest BCUT2D eigenvalue weighted by Crippen LogP contribution is 2.20. The van der Waals surface area contributed by atoms with Crippen molar-refractivity contribution in [3.8, 4) is 11.4 Å². The first-order valence-corrected chi connectivity index (χ1v) is 5.68. The molecule has 0 radical (unpaired) electrons. The summed E-state index contributed by atoms with van der Waals surface area (Å²) in [5.41, 5.74) is 1.92. The van der Waals surface area contributed by atoms with Gasteiger partial charge in [-0.1, -0.05) is 29.8 Å². The van der Waals surface area contributed by atoms with E-state index in [0.717, 1.165) is 27.3 Å². The minimum absolute atomic E-state index is 0.717. The summed E-state index contributed by atoms with van der Waals surface area (Å²) in [6.07, 6.45) is 1.84. The maximum Gasteiger partial charge on any atom is 0.159 e. The van der Waals surface area contributed by atoms with Gasteiger partial charge in [-0.2, -0.15) is 0 Å². The van der Waals surface area contributed by atoms with Gasteiger partial charge in [0, 0.05) is 22.2 Å². The summed E-state index contributed by atoms with van der Waals surface area (Å²) >= 11 is 5.85. The first kappa shape index (κ1) is 10.2. The van der Waals surface area contributed by atoms with E-state index in [0.29, 0.717) is 0 Å². The van der Waals surface area contributed by atoms with Gasteiger partial charge in [-0.15, -0.1) is 0 Å². The van der Waals surface area contributed by atoms with Gasteiger partial charge in [-0.25, -0.2) is 9.97 Å². The number of aromatic nitrogens is 2. The molecule has 82 valence electrons. The van der Waals surface area contributed by atoms with Crippen LogP contribution < -0.4 is 0 Å². The van der Waals surface area contributed by atoms with Crippen molar-refractivity contribution < 1.29 is 0 Å². The number of halogens is 1. The van der Waals surface area contributed by atoms with Crippen LogP contribution in [0.25, 0.3) is 22.3 Å². The van der Waals surface area contributed by atoms with Crippen LogP contribution in [0.3, 0.4) is 0 Å². The molecule has 0 aliphatic heterocycles. The zero-order chi connectivity index (χ0) is 11.7. The summed E-state index contributed by atoms with van der Waals surface area (Å²) in [6, 6.07) is 15.5. The molecule has 0 fully saturated rings. The lowest BCUT2D eigenvalue weighted by Crippen LogP contribution is -1.89. The smallest absolute Gasteiger partial charge is 0.159 e. The molecule has 17 heavy (non-hydrogen) atoms. The Hall–Kier alpha value is -1.93. The number of hydrogen-bond donors (Lipinski definition) is 0. The van der Waals surface area contributed by atoms with Gasteiger partial charge in [0.05, 0.1) is 5.52 Å². The van der Waals surface area contributed by atoms with E-state index in [4.69, 9.17) is 11.6 Å². The van der Waals surface area contributed by atoms with Crippen LogP contribution in [0, 0.1) is 0 Å². The summed E-state index contributed by atoms with van der Waals surface area (Å²) in [6.45, 7) is 0. The molecule has 0 saturated heterocycles. The topological polar surface area (TPSA) is 25.8 Å². The van der Waals surface area contributed by atoms with E-state index >= 15 is 0 Å². The third-order valence-corrected chi connectivity index (χ3v) is 2.84. The van der Waals surface area contributed by atoms with Crippen molar-refractivity contribution in [1.82, 2.24) is 9.97 Å². The Morgan fingerprint density at radius 3 is 2.47 bits per heavy atom. The van der Waals surface area contributed by atoms with Crippen molar-refractivity contribution in [2.24, 2.45) is 0 Å². The Morgan fingerprint density at radius 2 is 1.65 bits per heavy atom. The van der Waals surface area contributed by atoms with Crippen molar-refractivity contribution in [2.45, 2.75) is 0 Å². The Bertz CT molecular complexity index is 662. The average Bonchev–Trinajstić information content (AvgIpc) is 2.39. The summed E-state index contributed by atoms with van der Waals surface area (Å²) in [7, 11) is 0. The van der Waals surface area contributed by atoms with Crippen molar-refractivity contribution >= 4 is 22.5 Å². The number of nitrogens with zero attached hydrogens (tertiary/aromatic N) is 2. The van der Waals surface area contributed by atoms with E-state index in [1.165, 1.54) is 0 Å². The molecule has 1 aromatic heterocycles. The highest BCUT2D eigenvalue weighted by Gasteiger charge is 2.02. The van der Waals surface area contributed by atoms with Crippen LogP contribution in [-0.4, -0.2) is 9.97 Å². The monoisotopic (exact) mass is 240 g/mol. The van der Waals surface area contributed by atoms with Gasteiger partial charge in [-0.05, 0) is 30.3 Å². The molecule has 0 amide bonds. The van der Waals surface area contributed by atoms with Gasteiger partial charge in [0.1, 0.15) is 0 Å². The largest absolute Gasteiger partial charge is 0.236 e. The molecular weight excluding hydrogens is 232 g/mol. The number of hydrogen-bond acceptors (Lipinski definition) is 2. The Labute approximate surface area is 104 Å². The van der Waals surface area contributed by atoms with Crippen LogP contribution in [0.5, 0.6) is 0 Å². The maximum atomic E-state index is 5.85. The summed E-state index contributed by atoms with van der Waals surface area (Å²) in [5, 5.41) is 1.76. The Kier molecular flexibility index (Phi) is 2.50. The van der Waals surface area contributed by atoms with E-state index in [-0.39, 0.29) is 0 Å². The number of rotatable bonds is 1. The SMILES string of the molecule is Clc1ccc(-c2ncc3ccccc3n2)cc1. The van der Waals surface area contributed by atoms with E-state index in [1.807, 2.05) is 54.7 Å². The van der Waals surface area contributed by atoms with Crippen molar-refractivity contribution in [2.75, 3.05) is 0 Å². The second kappa shape index (κ2) is 4.15. The van der Waals surface area contributed by atoms with Crippen molar-refractivity contribution in [1.29, 1.82) is 0 Å². The molecule has 0 bridgehead atoms. The highest BCUT2D eigenvalue weighted by atomic mass is 35.5. The molecule has 3 heteroatoms. The Balaban J connectivity index is 2.14. The molecule has 2 aromatic carbocycles. The molecule has 3 rings (SSSR count). The second-order valence-corrected chi connectivity index (χ2v) is 4.20. The standard InChI is InChI=1S/C14H9ClN2/c15-12-7-5-10(6-8-12)14-16-9-11-3-1-2-4-13(11)17-14/h1-9H. The molecule has 0 atom stereocenters. The quantitative estimate of drug-likeness (QED) is 0.644. The lowest BCUT2D eigenvalue weighted by atomic mass is 10.2. The van der Waals surface area contributed by atoms with E-state index in [2.05, 4.69) is 9.97 Å². The summed E-state index contributed by atoms with van der Waals surface area (Å²) in [5.74, 6) is 0.723. The molecule has 0 aliphatic rings. The lowest BCUT2D eigenvalue weighted by Gasteiger charge is -2.02. The van der Waals surface area contributed by atoms with Gasteiger partial charge in [0.25, 0.3) is 0 Å². The first-order valence-electron chi connectivity index (χ1n) is 5.31. The number of para-hydroxylation sites is 1. The van der Waals surface area contributed by atoms with E-state index in [9.17, 15) is 0 Å². The predicted molar refractivity (Wildman–Crippen MR) is 70.0 cm³/mol. The number of fused-ring (bicyclic) bond motifs is 1. The first-order chi connectivity index (χ1) is 8.33. The minimum Gasteiger partial charge on any atom is -0.236 e. The Morgan fingerprint density at radius 1 is 0.882 bits per heavy atom. The molecule has 2 nitrogen and oxygen atoms in total. The molecule has 0 aliphatic carbocycles. The van der Waals surface area contributed by atoms with Crippen LogP contribution in [0.15, 0.2) is 54.7 Å². The highest BCUT2D eigenvalue weighted by molar-refractivity contribution is 6.30. The predicted octanol–water partition coefficient (Wildman–Crippen LogP) is 3.95. The third-order valence-electron chi connectivity index (χ3n) is 2.59. The molecule has 1 heterocycles. The molecule has 0 spiro atoms. The van der Waals surface area contributed by atoms with Gasteiger partial charge >= 0.3 is 0 Å². The molecule has 0 unspecified atom stereocenters. The second-order valence-electron chi connectivity index (χ2n) is 3.76. The van der Waals surface area contributed by atoms with Crippen LogP contribution >= 0.6 is 11.6 Å². The van der Waals surface area contributed by atoms with Gasteiger partial charge in [0.2, 0.25) is 0 Å². The molecule has 0 N–H and O–H groups in total. The molecular formula is C14H9ClN2. The molecule has 3 aromatic rings. The zero-order valence-corrected chi connectivity index (χ0v) is 9.72. The van der Waals surface area contributed by atoms with Crippen molar-refractivity contribution in [3.63, 3.8) is 0 Å². The van der Waals surface area contributed by atoms with Crippen LogP contribution in [0.1, 0.15) is 0 Å². The van der Waals surface area contributed by atoms with Crippen LogP contribution in [0.2, 0.25) is 5.02 Å². The normalized spacial score (nSPS) is 10.6. The minimum atomic E-state index is 0.717. The van der Waals surface area contributed by atoms with E-state index < -0.39 is 0 Å². The summed E-state index contributed by atoms with van der Waals surface area (Å²) in [4.78, 5) is 8.87. The van der Waals surface area contributed by atoms with Crippen molar-refractivity contribution in [3.05, 3.63) is 59.8 Å². The zero-order valence-electron chi connectivity index (χ0n) is 8.97. The lowest BCUT2D eigenvalue weighted by molar-refractivity contribution is 1.23. The fourth-order valence-corrected chi connectivity index (χ4v) is 1.84. The van der Waals surface area contributed by atoms with Gasteiger partial charge < -0.3 is 0 Å². The summed E-state index contributed by atoms with van der Waals surface area (Å²) < 4.78 is 0. The van der Waals surface area contributed by atoms with E-state index in [1.54, 1.807) is 0 Å². The van der Waals surface area contributed by atoms with Gasteiger partial charge in [-0.3, -0.25) is 0 Å². The number of benzene rings is 2. The fraction of sp³-hybridized carbons (Fsp3) is 0. The van der Waals surface area contributed by atoms with Crippen LogP contribution in [-0.2, 0) is 0 Å². The third kappa shape index (κ3) is 1.99. The fourth-order valence-electron chi connectivity index (χ4n) is 1.71.